The van der Waals surface area contributed by atoms with Crippen LogP contribution in [-0.2, 0) is 31.8 Å². The summed E-state index contributed by atoms with van der Waals surface area (Å²) in [5.74, 6) is -2.16. The van der Waals surface area contributed by atoms with Crippen molar-refractivity contribution in [1.29, 1.82) is 5.26 Å². The number of hydrogen-bond acceptors (Lipinski definition) is 19. The molecule has 27 heteroatoms. The van der Waals surface area contributed by atoms with Gasteiger partial charge in [-0.25, -0.2) is 43.1 Å². The first-order chi connectivity index (χ1) is 48.3. The number of carboxylic acid groups (broad SMARTS) is 1. The van der Waals surface area contributed by atoms with Crippen LogP contribution in [0.25, 0.3) is 78.3 Å². The SMILES string of the molecule is CC(=O)c1nc2ccccc2[nH]1.CC(C)(C)OC(=O)CC#N.CC(C)(C)OC(=O)c1c(-c2nc3ccccc3[nH]2)csc1CC(=O)c1cccc(F)c1.CC(C)(C)OC(=O)c1c(-c2nc3ccccc3[nH]2)csc1N.O=C(Cc1scc(-c2nc3ccccc3[nH]2)c1C(=O)O)c1cccc(F)c1.S. The number of carboxylic acids is 1. The number of aromatic amines is 4. The molecule has 0 spiro atoms. The van der Waals surface area contributed by atoms with E-state index in [9.17, 15) is 47.4 Å². The first-order valence-corrected chi connectivity index (χ1v) is 34.2. The molecular formula is C76H72F2N10O11S4. The number of rotatable bonds is 14. The predicted octanol–water partition coefficient (Wildman–Crippen LogP) is 17.3. The lowest BCUT2D eigenvalue weighted by Crippen LogP contribution is -2.24. The summed E-state index contributed by atoms with van der Waals surface area (Å²) in [5.41, 5.74) is 13.8. The van der Waals surface area contributed by atoms with E-state index in [4.69, 9.17) is 25.2 Å². The molecule has 13 aromatic rings. The topological polar surface area (TPSA) is 332 Å². The van der Waals surface area contributed by atoms with Crippen LogP contribution in [0.5, 0.6) is 0 Å². The maximum atomic E-state index is 13.6. The molecule has 0 radical (unpaired) electrons. The number of imidazole rings is 4. The zero-order valence-electron chi connectivity index (χ0n) is 57.5. The van der Waals surface area contributed by atoms with Crippen molar-refractivity contribution < 1.29 is 61.7 Å². The van der Waals surface area contributed by atoms with Gasteiger partial charge in [0, 0.05) is 73.5 Å². The summed E-state index contributed by atoms with van der Waals surface area (Å²) in [6, 6.07) is 42.9. The van der Waals surface area contributed by atoms with Crippen LogP contribution in [0.15, 0.2) is 162 Å². The van der Waals surface area contributed by atoms with Crippen LogP contribution in [0.2, 0.25) is 0 Å². The molecule has 0 amide bonds. The monoisotopic (exact) mass is 1470 g/mol. The van der Waals surface area contributed by atoms with E-state index in [0.29, 0.717) is 65.9 Å². The Morgan fingerprint density at radius 2 is 0.854 bits per heavy atom. The number of fused-ring (bicyclic) bond motifs is 4. The van der Waals surface area contributed by atoms with Crippen LogP contribution in [0.1, 0.15) is 148 Å². The number of anilines is 1. The van der Waals surface area contributed by atoms with E-state index in [1.54, 1.807) is 64.4 Å². The lowest BCUT2D eigenvalue weighted by atomic mass is 10.0. The highest BCUT2D eigenvalue weighted by atomic mass is 32.1. The lowest BCUT2D eigenvalue weighted by Gasteiger charge is -2.20. The van der Waals surface area contributed by atoms with Crippen molar-refractivity contribution in [3.63, 3.8) is 0 Å². The van der Waals surface area contributed by atoms with Crippen molar-refractivity contribution in [2.24, 2.45) is 0 Å². The molecule has 0 saturated heterocycles. The van der Waals surface area contributed by atoms with Crippen molar-refractivity contribution in [2.75, 3.05) is 5.73 Å². The lowest BCUT2D eigenvalue weighted by molar-refractivity contribution is -0.153. The third-order valence-corrected chi connectivity index (χ3v) is 17.0. The first kappa shape index (κ1) is 77.4. The minimum absolute atomic E-state index is 0. The third kappa shape index (κ3) is 20.7. The highest BCUT2D eigenvalue weighted by Crippen LogP contribution is 2.37. The third-order valence-electron chi connectivity index (χ3n) is 14.2. The fraction of sp³-hybridized carbons (Fsp3) is 0.211. The van der Waals surface area contributed by atoms with Crippen molar-refractivity contribution >= 4 is 138 Å². The summed E-state index contributed by atoms with van der Waals surface area (Å²) >= 11 is 3.78. The van der Waals surface area contributed by atoms with Crippen LogP contribution < -0.4 is 5.73 Å². The number of nitriles is 1. The second-order valence-corrected chi connectivity index (χ2v) is 28.5. The number of nitrogens with one attached hydrogen (secondary N) is 4. The van der Waals surface area contributed by atoms with Crippen molar-refractivity contribution in [3.8, 4) is 40.2 Å². The van der Waals surface area contributed by atoms with Gasteiger partial charge in [-0.15, -0.1) is 34.0 Å². The Morgan fingerprint density at radius 1 is 0.495 bits per heavy atom. The smallest absolute Gasteiger partial charge is 0.342 e. The number of aromatic carboxylic acids is 1. The van der Waals surface area contributed by atoms with E-state index >= 15 is 0 Å². The molecule has 530 valence electrons. The van der Waals surface area contributed by atoms with Crippen molar-refractivity contribution in [3.05, 3.63) is 217 Å². The number of Topliss-reactive ketones (excluding diaryl/α,β-unsaturated/α-hetero) is 3. The van der Waals surface area contributed by atoms with Crippen LogP contribution in [0.4, 0.5) is 13.8 Å². The molecule has 0 unspecified atom stereocenters. The second-order valence-electron chi connectivity index (χ2n) is 25.7. The molecule has 7 N–H and O–H groups in total. The number of carbonyl (C=O) groups excluding carboxylic acids is 6. The fourth-order valence-electron chi connectivity index (χ4n) is 9.90. The minimum Gasteiger partial charge on any atom is -0.478 e. The van der Waals surface area contributed by atoms with E-state index in [1.165, 1.54) is 77.3 Å². The molecule has 0 fully saturated rings. The quantitative estimate of drug-likeness (QED) is 0.0335. The molecule has 0 aliphatic carbocycles. The summed E-state index contributed by atoms with van der Waals surface area (Å²) in [7, 11) is 0. The molecule has 0 atom stereocenters. The number of carbonyl (C=O) groups is 7. The average molecular weight is 1470 g/mol. The van der Waals surface area contributed by atoms with E-state index in [-0.39, 0.29) is 66.8 Å². The predicted molar refractivity (Wildman–Crippen MR) is 401 cm³/mol. The zero-order chi connectivity index (χ0) is 73.8. The van der Waals surface area contributed by atoms with Gasteiger partial charge in [-0.2, -0.15) is 18.8 Å². The highest BCUT2D eigenvalue weighted by Gasteiger charge is 2.30. The van der Waals surface area contributed by atoms with Gasteiger partial charge in [0.15, 0.2) is 23.2 Å². The summed E-state index contributed by atoms with van der Waals surface area (Å²) in [4.78, 5) is 115. The average Bonchev–Trinajstić information content (AvgIpc) is 1.65. The van der Waals surface area contributed by atoms with Gasteiger partial charge in [-0.05, 0) is 135 Å². The number of halogens is 2. The van der Waals surface area contributed by atoms with E-state index in [2.05, 4.69) is 39.9 Å². The number of nitrogen functional groups attached to an aromatic ring is 1. The molecule has 7 aromatic heterocycles. The number of hydrogen-bond donors (Lipinski definition) is 6. The van der Waals surface area contributed by atoms with Crippen LogP contribution >= 0.6 is 47.5 Å². The number of aromatic nitrogens is 8. The molecule has 21 nitrogen and oxygen atoms in total. The largest absolute Gasteiger partial charge is 0.478 e. The maximum absolute atomic E-state index is 13.6. The number of H-pyrrole nitrogens is 4. The number of nitrogens with two attached hydrogens (primary N) is 1. The molecule has 6 aromatic carbocycles. The molecule has 103 heavy (non-hydrogen) atoms. The molecule has 0 aliphatic heterocycles. The molecule has 0 saturated carbocycles. The van der Waals surface area contributed by atoms with Crippen LogP contribution in [-0.4, -0.2) is 103 Å². The van der Waals surface area contributed by atoms with Gasteiger partial charge in [-0.3, -0.25) is 19.2 Å². The normalized spacial score (nSPS) is 11.1. The molecule has 13 rings (SSSR count). The number of esters is 3. The van der Waals surface area contributed by atoms with Crippen LogP contribution in [0, 0.1) is 23.0 Å². The Bertz CT molecular complexity index is 5170. The zero-order valence-corrected chi connectivity index (χ0v) is 61.0. The Labute approximate surface area is 609 Å². The van der Waals surface area contributed by atoms with Gasteiger partial charge in [-0.1, -0.05) is 72.8 Å². The summed E-state index contributed by atoms with van der Waals surface area (Å²) < 4.78 is 42.8. The Kier molecular flexibility index (Phi) is 25.1. The number of thiophene rings is 3. The number of nitrogens with zero attached hydrogens (tertiary/aromatic N) is 5. The number of para-hydroxylation sites is 8. The van der Waals surface area contributed by atoms with Gasteiger partial charge >= 0.3 is 23.9 Å². The standard InChI is InChI=1S/C24H21FN2O3S.C20H13FN2O3S.C16H17N3O2S.C9H8N2O.C7H11NO2.H2S/c1-24(2,3)30-23(29)21-16(22-26-17-9-4-5-10-18(17)27-22)13-31-20(21)12-19(28)14-7-6-8-15(25)11-14;21-12-5-3-4-11(8-12)16(24)9-17-18(20(25)26)13(10-27-17)19-22-14-6-1-2-7-15(14)23-19;1-16(2,3)21-15(20)12-9(8-22-13(12)17)14-18-10-6-4-5-7-11(10)19-14;1-6(12)9-10-7-4-2-3-5-8(7)11-9;1-7(2,3)10-6(9)4-5-8;/h4-11,13H,12H2,1-3H3,(H,26,27);1-8,10H,9H2,(H,22,23)(H,25,26);4-8H,17H2,1-3H3,(H,18,19);2-5H,1H3,(H,10,11);4H2,1-3H3;1H2. The van der Waals surface area contributed by atoms with Crippen molar-refractivity contribution in [1.82, 2.24) is 39.9 Å². The molecule has 0 aliphatic rings. The van der Waals surface area contributed by atoms with Gasteiger partial charge < -0.3 is 45.0 Å². The number of ether oxygens (including phenoxy) is 3. The maximum Gasteiger partial charge on any atom is 0.342 e. The van der Waals surface area contributed by atoms with Crippen LogP contribution in [0.3, 0.4) is 0 Å². The summed E-state index contributed by atoms with van der Waals surface area (Å²) in [6.45, 7) is 17.6. The molecular weight excluding hydrogens is 1400 g/mol. The number of ketones is 3. The minimum atomic E-state index is -1.13. The summed E-state index contributed by atoms with van der Waals surface area (Å²) in [6.07, 6.45) is -0.323. The van der Waals surface area contributed by atoms with Gasteiger partial charge in [0.1, 0.15) is 62.9 Å². The van der Waals surface area contributed by atoms with Gasteiger partial charge in [0.05, 0.1) is 61.3 Å². The highest BCUT2D eigenvalue weighted by molar-refractivity contribution is 7.59. The summed E-state index contributed by atoms with van der Waals surface area (Å²) in [5, 5.41) is 23.5. The Morgan fingerprint density at radius 3 is 1.22 bits per heavy atom. The van der Waals surface area contributed by atoms with Gasteiger partial charge in [0.2, 0.25) is 0 Å². The molecule has 0 bridgehead atoms. The first-order valence-electron chi connectivity index (χ1n) is 31.6. The fourth-order valence-corrected chi connectivity index (χ4v) is 12.7. The molecule has 7 heterocycles. The van der Waals surface area contributed by atoms with E-state index in [0.717, 1.165) is 50.2 Å². The van der Waals surface area contributed by atoms with E-state index in [1.807, 2.05) is 123 Å². The van der Waals surface area contributed by atoms with Crippen molar-refractivity contribution in [2.45, 2.75) is 105 Å². The van der Waals surface area contributed by atoms with E-state index < -0.39 is 52.3 Å². The number of benzene rings is 6. The Balaban J connectivity index is 0.000000171. The van der Waals surface area contributed by atoms with Gasteiger partial charge in [0.25, 0.3) is 0 Å². The second kappa shape index (κ2) is 33.4. The Hall–Kier alpha value is -11.3.